The summed E-state index contributed by atoms with van der Waals surface area (Å²) in [7, 11) is 0. The summed E-state index contributed by atoms with van der Waals surface area (Å²) in [6, 6.07) is 6.16. The number of allylic oxidation sites excluding steroid dienone is 1. The molecule has 0 radical (unpaired) electrons. The Hall–Kier alpha value is -2.18. The predicted octanol–water partition coefficient (Wildman–Crippen LogP) is 1.93. The lowest BCUT2D eigenvalue weighted by Gasteiger charge is -2.07. The maximum atomic E-state index is 11.7. The lowest BCUT2D eigenvalue weighted by Crippen LogP contribution is -2.16. The van der Waals surface area contributed by atoms with Gasteiger partial charge in [0, 0.05) is 0 Å². The molecule has 1 heterocycles. The van der Waals surface area contributed by atoms with E-state index in [0.29, 0.717) is 6.61 Å². The molecule has 120 valence electrons. The van der Waals surface area contributed by atoms with E-state index in [0.717, 1.165) is 0 Å². The molecule has 1 unspecified atom stereocenters. The molecule has 1 atom stereocenters. The van der Waals surface area contributed by atoms with Gasteiger partial charge in [0.15, 0.2) is 0 Å². The first kappa shape index (κ1) is 17.9. The first-order valence-electron chi connectivity index (χ1n) is 6.77. The molecule has 1 saturated heterocycles. The summed E-state index contributed by atoms with van der Waals surface area (Å²) in [5, 5.41) is 8.58. The van der Waals surface area contributed by atoms with Crippen molar-refractivity contribution in [2.75, 3.05) is 19.8 Å². The molecule has 0 saturated carbocycles. The van der Waals surface area contributed by atoms with E-state index in [1.54, 1.807) is 12.1 Å². The van der Waals surface area contributed by atoms with Crippen LogP contribution in [0.15, 0.2) is 36.4 Å². The van der Waals surface area contributed by atoms with E-state index in [1.165, 1.54) is 17.7 Å². The summed E-state index contributed by atoms with van der Waals surface area (Å²) in [5.74, 6) is -1.30. The van der Waals surface area contributed by atoms with Crippen molar-refractivity contribution in [2.45, 2.75) is 20.1 Å². The largest absolute Gasteiger partial charge is 0.460 e. The van der Waals surface area contributed by atoms with Gasteiger partial charge >= 0.3 is 11.9 Å². The molecule has 2 rings (SSSR count). The van der Waals surface area contributed by atoms with Crippen LogP contribution < -0.4 is 0 Å². The smallest absolute Gasteiger partial charge is 0.341 e. The third-order valence-electron chi connectivity index (χ3n) is 2.23. The maximum Gasteiger partial charge on any atom is 0.341 e. The summed E-state index contributed by atoms with van der Waals surface area (Å²) in [4.78, 5) is 23.4. The van der Waals surface area contributed by atoms with Gasteiger partial charge in [-0.2, -0.15) is 0 Å². The van der Waals surface area contributed by atoms with Crippen LogP contribution in [-0.4, -0.2) is 43.2 Å². The predicted molar refractivity (Wildman–Crippen MR) is 79.5 cm³/mol. The first-order valence-corrected chi connectivity index (χ1v) is 6.77. The third-order valence-corrected chi connectivity index (χ3v) is 2.23. The van der Waals surface area contributed by atoms with Crippen LogP contribution in [-0.2, 0) is 14.2 Å². The molecule has 0 bridgehead atoms. The van der Waals surface area contributed by atoms with E-state index in [9.17, 15) is 9.59 Å². The molecule has 1 aliphatic rings. The van der Waals surface area contributed by atoms with Crippen molar-refractivity contribution < 1.29 is 28.9 Å². The lowest BCUT2D eigenvalue weighted by molar-refractivity contribution is 0.0283. The van der Waals surface area contributed by atoms with Crippen LogP contribution in [0.2, 0.25) is 0 Å². The fourth-order valence-corrected chi connectivity index (χ4v) is 1.35. The molecule has 22 heavy (non-hydrogen) atoms. The van der Waals surface area contributed by atoms with Gasteiger partial charge in [0.05, 0.1) is 17.7 Å². The van der Waals surface area contributed by atoms with Gasteiger partial charge in [-0.25, -0.2) is 9.59 Å². The molecular weight excluding hydrogens is 288 g/mol. The number of epoxide rings is 1. The van der Waals surface area contributed by atoms with Gasteiger partial charge in [-0.05, 0) is 26.0 Å². The Morgan fingerprint density at radius 2 is 1.77 bits per heavy atom. The number of esters is 2. The highest BCUT2D eigenvalue weighted by atomic mass is 16.8. The first-order chi connectivity index (χ1) is 10.5. The molecular formula is C16H20O6. The SMILES string of the molecule is C=C(C)C.O=C(OCCO)c1ccccc1C(=O)OC1CO1. The molecule has 0 aromatic heterocycles. The number of rotatable bonds is 5. The van der Waals surface area contributed by atoms with Crippen LogP contribution in [0.1, 0.15) is 34.6 Å². The average Bonchev–Trinajstić information content (AvgIpc) is 3.28. The van der Waals surface area contributed by atoms with Gasteiger partial charge in [0.2, 0.25) is 6.29 Å². The number of aliphatic hydroxyl groups is 1. The summed E-state index contributed by atoms with van der Waals surface area (Å²) >= 11 is 0. The zero-order valence-corrected chi connectivity index (χ0v) is 12.7. The Morgan fingerprint density at radius 1 is 1.27 bits per heavy atom. The minimum absolute atomic E-state index is 0.108. The Labute approximate surface area is 129 Å². The van der Waals surface area contributed by atoms with Crippen LogP contribution in [0.25, 0.3) is 0 Å². The number of carbonyl (C=O) groups excluding carboxylic acids is 2. The van der Waals surface area contributed by atoms with Crippen LogP contribution in [0.3, 0.4) is 0 Å². The number of aliphatic hydroxyl groups excluding tert-OH is 1. The fraction of sp³-hybridized carbons (Fsp3) is 0.375. The minimum atomic E-state index is -0.673. The molecule has 1 N–H and O–H groups in total. The quantitative estimate of drug-likeness (QED) is 0.508. The Balaban J connectivity index is 0.000000541. The van der Waals surface area contributed by atoms with E-state index >= 15 is 0 Å². The van der Waals surface area contributed by atoms with E-state index < -0.39 is 18.2 Å². The molecule has 1 aromatic carbocycles. The van der Waals surface area contributed by atoms with Crippen molar-refractivity contribution in [3.8, 4) is 0 Å². The Morgan fingerprint density at radius 3 is 2.23 bits per heavy atom. The van der Waals surface area contributed by atoms with Crippen molar-refractivity contribution in [1.29, 1.82) is 0 Å². The number of ether oxygens (including phenoxy) is 3. The topological polar surface area (TPSA) is 85.4 Å². The second-order valence-corrected chi connectivity index (χ2v) is 4.78. The van der Waals surface area contributed by atoms with E-state index in [2.05, 4.69) is 6.58 Å². The highest BCUT2D eigenvalue weighted by molar-refractivity contribution is 6.03. The molecule has 1 aromatic rings. The number of hydrogen-bond donors (Lipinski definition) is 1. The highest BCUT2D eigenvalue weighted by Gasteiger charge is 2.29. The fourth-order valence-electron chi connectivity index (χ4n) is 1.35. The number of carbonyl (C=O) groups is 2. The molecule has 1 fully saturated rings. The molecule has 0 amide bonds. The standard InChI is InChI=1S/C12H12O6.C4H8/c13-5-6-16-11(14)8-3-1-2-4-9(8)12(15)18-10-7-17-10;1-4(2)3/h1-4,10,13H,5-7H2;1H2,2-3H3. The molecule has 1 aliphatic heterocycles. The van der Waals surface area contributed by atoms with Crippen LogP contribution in [0.5, 0.6) is 0 Å². The Kier molecular flexibility index (Phi) is 7.28. The maximum absolute atomic E-state index is 11.7. The molecule has 6 nitrogen and oxygen atoms in total. The van der Waals surface area contributed by atoms with Crippen molar-refractivity contribution in [2.24, 2.45) is 0 Å². The van der Waals surface area contributed by atoms with Crippen molar-refractivity contribution in [3.63, 3.8) is 0 Å². The van der Waals surface area contributed by atoms with Crippen molar-refractivity contribution in [1.82, 2.24) is 0 Å². The number of benzene rings is 1. The normalized spacial score (nSPS) is 15.1. The van der Waals surface area contributed by atoms with Gasteiger partial charge in [0.25, 0.3) is 0 Å². The van der Waals surface area contributed by atoms with Crippen LogP contribution >= 0.6 is 0 Å². The van der Waals surface area contributed by atoms with Crippen molar-refractivity contribution in [3.05, 3.63) is 47.5 Å². The second-order valence-electron chi connectivity index (χ2n) is 4.78. The molecule has 0 aliphatic carbocycles. The van der Waals surface area contributed by atoms with Crippen LogP contribution in [0, 0.1) is 0 Å². The van der Waals surface area contributed by atoms with Gasteiger partial charge in [0.1, 0.15) is 13.2 Å². The van der Waals surface area contributed by atoms with Gasteiger partial charge in [-0.1, -0.05) is 17.7 Å². The summed E-state index contributed by atoms with van der Waals surface area (Å²) < 4.78 is 14.5. The monoisotopic (exact) mass is 308 g/mol. The molecule has 0 spiro atoms. The zero-order valence-electron chi connectivity index (χ0n) is 12.7. The highest BCUT2D eigenvalue weighted by Crippen LogP contribution is 2.17. The van der Waals surface area contributed by atoms with E-state index in [-0.39, 0.29) is 24.3 Å². The van der Waals surface area contributed by atoms with Gasteiger partial charge in [-0.3, -0.25) is 0 Å². The summed E-state index contributed by atoms with van der Waals surface area (Å²) in [6.45, 7) is 7.49. The third kappa shape index (κ3) is 6.51. The van der Waals surface area contributed by atoms with Crippen molar-refractivity contribution >= 4 is 11.9 Å². The van der Waals surface area contributed by atoms with Gasteiger partial charge in [-0.15, -0.1) is 6.58 Å². The second kappa shape index (κ2) is 8.96. The zero-order chi connectivity index (χ0) is 16.5. The number of hydrogen-bond acceptors (Lipinski definition) is 6. The molecule has 6 heteroatoms. The minimum Gasteiger partial charge on any atom is -0.460 e. The lowest BCUT2D eigenvalue weighted by atomic mass is 10.1. The van der Waals surface area contributed by atoms with Gasteiger partial charge < -0.3 is 19.3 Å². The summed E-state index contributed by atoms with van der Waals surface area (Å²) in [6.07, 6.45) is -0.515. The Bertz CT molecular complexity index is 529. The average molecular weight is 308 g/mol. The van der Waals surface area contributed by atoms with E-state index in [1.807, 2.05) is 13.8 Å². The summed E-state index contributed by atoms with van der Waals surface area (Å²) in [5.41, 5.74) is 1.40. The van der Waals surface area contributed by atoms with E-state index in [4.69, 9.17) is 19.3 Å². The van der Waals surface area contributed by atoms with Crippen LogP contribution in [0.4, 0.5) is 0 Å².